The standard InChI is InChI=1S/C25H19FN4O2S/c26-16-5-3-6-17(13-16)29-12-4-8-20(29)24-23(19-7-1-2-11-27-19)28-25(33)30(24)18-9-10-21-22(14-18)32-15-31-21/h1-14,23-24H,15H2,(H,28,33)/t23-,24-/m0/s1. The minimum Gasteiger partial charge on any atom is -0.454 e. The van der Waals surface area contributed by atoms with Crippen LogP contribution in [-0.2, 0) is 0 Å². The molecular formula is C25H19FN4O2S. The van der Waals surface area contributed by atoms with Gasteiger partial charge in [-0.1, -0.05) is 12.1 Å². The van der Waals surface area contributed by atoms with Gasteiger partial charge in [-0.2, -0.15) is 0 Å². The molecule has 0 bridgehead atoms. The number of halogens is 1. The molecule has 2 aliphatic rings. The van der Waals surface area contributed by atoms with Gasteiger partial charge in [-0.25, -0.2) is 4.39 Å². The Morgan fingerprint density at radius 1 is 0.939 bits per heavy atom. The summed E-state index contributed by atoms with van der Waals surface area (Å²) >= 11 is 5.81. The number of ether oxygens (including phenoxy) is 2. The molecule has 33 heavy (non-hydrogen) atoms. The first-order valence-corrected chi connectivity index (χ1v) is 10.9. The van der Waals surface area contributed by atoms with Crippen molar-refractivity contribution in [2.24, 2.45) is 0 Å². The second-order valence-corrected chi connectivity index (χ2v) is 8.20. The summed E-state index contributed by atoms with van der Waals surface area (Å²) in [5, 5.41) is 4.02. The normalized spacial score (nSPS) is 19.1. The first-order valence-electron chi connectivity index (χ1n) is 10.5. The summed E-state index contributed by atoms with van der Waals surface area (Å²) in [7, 11) is 0. The van der Waals surface area contributed by atoms with Gasteiger partial charge in [0.2, 0.25) is 6.79 Å². The van der Waals surface area contributed by atoms with Gasteiger partial charge in [-0.05, 0) is 66.8 Å². The van der Waals surface area contributed by atoms with Gasteiger partial charge in [0.05, 0.1) is 11.7 Å². The average Bonchev–Trinajstić information content (AvgIpc) is 3.57. The molecule has 6 nitrogen and oxygen atoms in total. The number of nitrogens with zero attached hydrogens (tertiary/aromatic N) is 3. The number of anilines is 1. The molecule has 6 rings (SSSR count). The smallest absolute Gasteiger partial charge is 0.231 e. The fourth-order valence-electron chi connectivity index (χ4n) is 4.46. The number of benzene rings is 2. The second-order valence-electron chi connectivity index (χ2n) is 7.82. The summed E-state index contributed by atoms with van der Waals surface area (Å²) in [6.45, 7) is 0.198. The maximum Gasteiger partial charge on any atom is 0.231 e. The van der Waals surface area contributed by atoms with E-state index >= 15 is 0 Å². The molecule has 164 valence electrons. The Bertz CT molecular complexity index is 1340. The van der Waals surface area contributed by atoms with Crippen molar-refractivity contribution in [2.45, 2.75) is 12.1 Å². The fraction of sp³-hybridized carbons (Fsp3) is 0.120. The maximum atomic E-state index is 14.0. The molecule has 1 N–H and O–H groups in total. The molecule has 0 amide bonds. The van der Waals surface area contributed by atoms with Gasteiger partial charge in [0.25, 0.3) is 0 Å². The number of hydrogen-bond donors (Lipinski definition) is 1. The number of hydrogen-bond acceptors (Lipinski definition) is 4. The third-order valence-corrected chi connectivity index (χ3v) is 6.22. The van der Waals surface area contributed by atoms with Crippen LogP contribution in [0.2, 0.25) is 0 Å². The van der Waals surface area contributed by atoms with Crippen molar-refractivity contribution in [1.29, 1.82) is 0 Å². The van der Waals surface area contributed by atoms with Gasteiger partial charge in [-0.15, -0.1) is 0 Å². The summed E-state index contributed by atoms with van der Waals surface area (Å²) in [6.07, 6.45) is 3.70. The lowest BCUT2D eigenvalue weighted by Gasteiger charge is -2.29. The summed E-state index contributed by atoms with van der Waals surface area (Å²) in [5.41, 5.74) is 3.41. The lowest BCUT2D eigenvalue weighted by molar-refractivity contribution is 0.174. The molecule has 0 unspecified atom stereocenters. The minimum atomic E-state index is -0.291. The fourth-order valence-corrected chi connectivity index (χ4v) is 4.81. The van der Waals surface area contributed by atoms with E-state index in [-0.39, 0.29) is 24.7 Å². The monoisotopic (exact) mass is 458 g/mol. The number of nitrogens with one attached hydrogen (secondary N) is 1. The van der Waals surface area contributed by atoms with Crippen LogP contribution in [0.15, 0.2) is 85.2 Å². The van der Waals surface area contributed by atoms with Crippen LogP contribution in [0, 0.1) is 5.82 Å². The van der Waals surface area contributed by atoms with Crippen LogP contribution < -0.4 is 19.7 Å². The first-order chi connectivity index (χ1) is 16.2. The molecule has 0 spiro atoms. The van der Waals surface area contributed by atoms with Crippen LogP contribution >= 0.6 is 12.2 Å². The summed E-state index contributed by atoms with van der Waals surface area (Å²) < 4.78 is 27.1. The van der Waals surface area contributed by atoms with E-state index in [1.165, 1.54) is 12.1 Å². The van der Waals surface area contributed by atoms with E-state index in [9.17, 15) is 4.39 Å². The number of fused-ring (bicyclic) bond motifs is 1. The lowest BCUT2D eigenvalue weighted by Crippen LogP contribution is -2.30. The lowest BCUT2D eigenvalue weighted by atomic mass is 10.0. The molecule has 0 saturated carbocycles. The Hall–Kier alpha value is -3.91. The van der Waals surface area contributed by atoms with Crippen LogP contribution in [0.25, 0.3) is 5.69 Å². The summed E-state index contributed by atoms with van der Waals surface area (Å²) in [6, 6.07) is 21.7. The Labute approximate surface area is 195 Å². The Balaban J connectivity index is 1.51. The quantitative estimate of drug-likeness (QED) is 0.438. The highest BCUT2D eigenvalue weighted by atomic mass is 32.1. The van der Waals surface area contributed by atoms with E-state index in [2.05, 4.69) is 15.2 Å². The minimum absolute atomic E-state index is 0.198. The molecule has 2 aromatic carbocycles. The van der Waals surface area contributed by atoms with Crippen LogP contribution in [0.3, 0.4) is 0 Å². The van der Waals surface area contributed by atoms with Gasteiger partial charge in [0, 0.05) is 35.5 Å². The molecule has 8 heteroatoms. The highest BCUT2D eigenvalue weighted by Crippen LogP contribution is 2.44. The SMILES string of the molecule is Fc1cccc(-n2cccc2[C@H]2[C@H](c3ccccn3)NC(=S)N2c2ccc3c(c2)OCO3)c1. The predicted molar refractivity (Wildman–Crippen MR) is 126 cm³/mol. The molecule has 0 radical (unpaired) electrons. The Morgan fingerprint density at radius 2 is 1.85 bits per heavy atom. The first kappa shape index (κ1) is 19.8. The molecule has 2 aliphatic heterocycles. The van der Waals surface area contributed by atoms with Crippen molar-refractivity contribution < 1.29 is 13.9 Å². The van der Waals surface area contributed by atoms with Crippen molar-refractivity contribution >= 4 is 23.0 Å². The summed E-state index contributed by atoms with van der Waals surface area (Å²) in [4.78, 5) is 6.65. The van der Waals surface area contributed by atoms with Crippen LogP contribution in [0.5, 0.6) is 11.5 Å². The van der Waals surface area contributed by atoms with E-state index in [4.69, 9.17) is 21.7 Å². The van der Waals surface area contributed by atoms with Crippen LogP contribution in [-0.4, -0.2) is 21.5 Å². The summed E-state index contributed by atoms with van der Waals surface area (Å²) in [5.74, 6) is 1.09. The van der Waals surface area contributed by atoms with E-state index in [0.717, 1.165) is 22.8 Å². The molecule has 2 atom stereocenters. The average molecular weight is 459 g/mol. The van der Waals surface area contributed by atoms with Crippen molar-refractivity contribution in [2.75, 3.05) is 11.7 Å². The van der Waals surface area contributed by atoms with Gasteiger partial charge in [0.1, 0.15) is 11.9 Å². The van der Waals surface area contributed by atoms with Gasteiger partial charge in [0.15, 0.2) is 16.6 Å². The van der Waals surface area contributed by atoms with Crippen molar-refractivity contribution in [1.82, 2.24) is 14.9 Å². The topological polar surface area (TPSA) is 51.6 Å². The third kappa shape index (κ3) is 3.39. The zero-order valence-corrected chi connectivity index (χ0v) is 18.2. The van der Waals surface area contributed by atoms with E-state index in [1.54, 1.807) is 12.3 Å². The highest BCUT2D eigenvalue weighted by molar-refractivity contribution is 7.80. The van der Waals surface area contributed by atoms with E-state index in [1.807, 2.05) is 65.4 Å². The Kier molecular flexibility index (Phi) is 4.73. The number of thiocarbonyl (C=S) groups is 1. The van der Waals surface area contributed by atoms with Crippen molar-refractivity contribution in [3.8, 4) is 17.2 Å². The molecule has 4 heterocycles. The largest absolute Gasteiger partial charge is 0.454 e. The van der Waals surface area contributed by atoms with Crippen LogP contribution in [0.4, 0.5) is 10.1 Å². The number of rotatable bonds is 4. The van der Waals surface area contributed by atoms with Crippen LogP contribution in [0.1, 0.15) is 23.5 Å². The van der Waals surface area contributed by atoms with Crippen molar-refractivity contribution in [3.05, 3.63) is 102 Å². The molecule has 0 aliphatic carbocycles. The zero-order valence-electron chi connectivity index (χ0n) is 17.4. The van der Waals surface area contributed by atoms with Gasteiger partial charge < -0.3 is 24.3 Å². The predicted octanol–water partition coefficient (Wildman–Crippen LogP) is 4.92. The zero-order chi connectivity index (χ0) is 22.4. The number of pyridine rings is 1. The molecule has 1 saturated heterocycles. The third-order valence-electron chi connectivity index (χ3n) is 5.90. The molecular weight excluding hydrogens is 439 g/mol. The van der Waals surface area contributed by atoms with E-state index < -0.39 is 0 Å². The van der Waals surface area contributed by atoms with E-state index in [0.29, 0.717) is 16.6 Å². The van der Waals surface area contributed by atoms with Crippen molar-refractivity contribution in [3.63, 3.8) is 0 Å². The number of aromatic nitrogens is 2. The van der Waals surface area contributed by atoms with Gasteiger partial charge >= 0.3 is 0 Å². The maximum absolute atomic E-state index is 14.0. The molecule has 1 fully saturated rings. The Morgan fingerprint density at radius 3 is 2.70 bits per heavy atom. The van der Waals surface area contributed by atoms with Gasteiger partial charge in [-0.3, -0.25) is 4.98 Å². The highest BCUT2D eigenvalue weighted by Gasteiger charge is 2.42. The molecule has 4 aromatic rings. The molecule has 2 aromatic heterocycles. The second kappa shape index (κ2) is 7.90.